The number of carboxylic acids is 1. The largest absolute Gasteiger partial charge is 0.480 e. The van der Waals surface area contributed by atoms with Gasteiger partial charge in [-0.05, 0) is 12.8 Å². The number of carbonyl (C=O) groups is 3. The number of carbonyl (C=O) groups excluding carboxylic acids is 2. The van der Waals surface area contributed by atoms with Crippen molar-refractivity contribution < 1.29 is 28.3 Å². The van der Waals surface area contributed by atoms with Crippen molar-refractivity contribution in [1.29, 1.82) is 0 Å². The molecule has 1 N–H and O–H groups in total. The number of Topliss-reactive ketones (excluding diaryl/α,β-unsaturated/α-hetero) is 1. The van der Waals surface area contributed by atoms with E-state index in [4.69, 9.17) is 5.11 Å². The van der Waals surface area contributed by atoms with Gasteiger partial charge in [-0.15, -0.1) is 0 Å². The van der Waals surface area contributed by atoms with Gasteiger partial charge >= 0.3 is 5.97 Å². The summed E-state index contributed by atoms with van der Waals surface area (Å²) in [6.45, 7) is 0.214. The van der Waals surface area contributed by atoms with Gasteiger partial charge in [0.05, 0.1) is 5.92 Å². The van der Waals surface area contributed by atoms with E-state index in [1.165, 1.54) is 12.1 Å². The Morgan fingerprint density at radius 2 is 1.87 bits per heavy atom. The second-order valence-electron chi connectivity index (χ2n) is 5.46. The van der Waals surface area contributed by atoms with Crippen LogP contribution in [-0.4, -0.2) is 46.7 Å². The molecule has 5 nitrogen and oxygen atoms in total. The van der Waals surface area contributed by atoms with E-state index in [0.29, 0.717) is 12.8 Å². The standard InChI is InChI=1S/C16H17F2NO4/c17-15(18)11(14(21)10-5-2-1-3-6-10)9-13(20)19-8-4-7-12(19)16(22)23/h1-3,5-6,11-12,15H,4,7-9H2,(H,22,23)/t11?,12-/m0/s1. The van der Waals surface area contributed by atoms with Crippen LogP contribution in [-0.2, 0) is 9.59 Å². The number of carboxylic acid groups (broad SMARTS) is 1. The summed E-state index contributed by atoms with van der Waals surface area (Å²) in [6, 6.07) is 6.60. The number of likely N-dealkylation sites (tertiary alicyclic amines) is 1. The van der Waals surface area contributed by atoms with Crippen molar-refractivity contribution in [1.82, 2.24) is 4.90 Å². The Balaban J connectivity index is 2.12. The van der Waals surface area contributed by atoms with E-state index in [2.05, 4.69) is 0 Å². The highest BCUT2D eigenvalue weighted by molar-refractivity contribution is 6.00. The number of halogens is 2. The highest BCUT2D eigenvalue weighted by Crippen LogP contribution is 2.24. The molecule has 0 spiro atoms. The molecule has 124 valence electrons. The zero-order valence-electron chi connectivity index (χ0n) is 12.3. The lowest BCUT2D eigenvalue weighted by Crippen LogP contribution is -2.42. The highest BCUT2D eigenvalue weighted by atomic mass is 19.3. The van der Waals surface area contributed by atoms with E-state index in [-0.39, 0.29) is 12.1 Å². The van der Waals surface area contributed by atoms with E-state index in [1.54, 1.807) is 18.2 Å². The van der Waals surface area contributed by atoms with Gasteiger partial charge < -0.3 is 10.0 Å². The van der Waals surface area contributed by atoms with Crippen LogP contribution in [0.15, 0.2) is 30.3 Å². The number of hydrogen-bond donors (Lipinski definition) is 1. The van der Waals surface area contributed by atoms with E-state index >= 15 is 0 Å². The van der Waals surface area contributed by atoms with Gasteiger partial charge in [-0.3, -0.25) is 9.59 Å². The lowest BCUT2D eigenvalue weighted by atomic mass is 9.94. The fourth-order valence-corrected chi connectivity index (χ4v) is 2.74. The number of alkyl halides is 2. The van der Waals surface area contributed by atoms with Crippen LogP contribution < -0.4 is 0 Å². The molecule has 0 aliphatic carbocycles. The molecular formula is C16H17F2NO4. The van der Waals surface area contributed by atoms with E-state index < -0.39 is 42.5 Å². The zero-order valence-corrected chi connectivity index (χ0v) is 12.3. The molecule has 1 aromatic carbocycles. The van der Waals surface area contributed by atoms with Gasteiger partial charge in [-0.25, -0.2) is 13.6 Å². The van der Waals surface area contributed by atoms with Crippen LogP contribution in [0, 0.1) is 5.92 Å². The van der Waals surface area contributed by atoms with Crippen molar-refractivity contribution >= 4 is 17.7 Å². The number of ketones is 1. The third-order valence-electron chi connectivity index (χ3n) is 3.95. The normalized spacial score (nSPS) is 18.9. The maximum Gasteiger partial charge on any atom is 0.326 e. The van der Waals surface area contributed by atoms with Crippen LogP contribution in [0.25, 0.3) is 0 Å². The van der Waals surface area contributed by atoms with Gasteiger partial charge in [-0.1, -0.05) is 30.3 Å². The lowest BCUT2D eigenvalue weighted by molar-refractivity contribution is -0.148. The minimum atomic E-state index is -2.99. The first-order valence-electron chi connectivity index (χ1n) is 7.31. The molecule has 1 aromatic rings. The minimum Gasteiger partial charge on any atom is -0.480 e. The van der Waals surface area contributed by atoms with Crippen LogP contribution in [0.5, 0.6) is 0 Å². The third-order valence-corrected chi connectivity index (χ3v) is 3.95. The third kappa shape index (κ3) is 3.91. The number of hydrogen-bond acceptors (Lipinski definition) is 3. The molecular weight excluding hydrogens is 308 g/mol. The van der Waals surface area contributed by atoms with Gasteiger partial charge in [0.15, 0.2) is 5.78 Å². The maximum absolute atomic E-state index is 13.2. The zero-order chi connectivity index (χ0) is 17.0. The number of benzene rings is 1. The fraction of sp³-hybridized carbons (Fsp3) is 0.438. The molecule has 0 aromatic heterocycles. The minimum absolute atomic E-state index is 0.113. The van der Waals surface area contributed by atoms with Crippen molar-refractivity contribution in [3.63, 3.8) is 0 Å². The SMILES string of the molecule is O=C(c1ccccc1)C(CC(=O)N1CCC[C@H]1C(=O)O)C(F)F. The van der Waals surface area contributed by atoms with Crippen LogP contribution in [0.1, 0.15) is 29.6 Å². The molecule has 23 heavy (non-hydrogen) atoms. The molecule has 0 saturated carbocycles. The predicted octanol–water partition coefficient (Wildman–Crippen LogP) is 2.22. The molecule has 1 aliphatic rings. The average molecular weight is 325 g/mol. The Bertz CT molecular complexity index is 591. The summed E-state index contributed by atoms with van der Waals surface area (Å²) in [6.07, 6.45) is -2.87. The van der Waals surface area contributed by atoms with Gasteiger partial charge in [-0.2, -0.15) is 0 Å². The molecule has 1 saturated heterocycles. The second-order valence-corrected chi connectivity index (χ2v) is 5.46. The van der Waals surface area contributed by atoms with Gasteiger partial charge in [0.1, 0.15) is 6.04 Å². The van der Waals surface area contributed by atoms with Crippen molar-refractivity contribution in [2.75, 3.05) is 6.54 Å². The molecule has 0 bridgehead atoms. The predicted molar refractivity (Wildman–Crippen MR) is 77.3 cm³/mol. The monoisotopic (exact) mass is 325 g/mol. The van der Waals surface area contributed by atoms with Crippen molar-refractivity contribution in [2.45, 2.75) is 31.7 Å². The molecule has 1 heterocycles. The first-order chi connectivity index (χ1) is 10.9. The Labute approximate surface area is 131 Å². The Morgan fingerprint density at radius 1 is 1.22 bits per heavy atom. The van der Waals surface area contributed by atoms with E-state index in [0.717, 1.165) is 4.90 Å². The van der Waals surface area contributed by atoms with Crippen molar-refractivity contribution in [2.24, 2.45) is 5.92 Å². The van der Waals surface area contributed by atoms with Crippen molar-refractivity contribution in [3.8, 4) is 0 Å². The van der Waals surface area contributed by atoms with Gasteiger partial charge in [0, 0.05) is 18.5 Å². The van der Waals surface area contributed by atoms with E-state index in [1.807, 2.05) is 0 Å². The molecule has 2 rings (SSSR count). The van der Waals surface area contributed by atoms with Gasteiger partial charge in [0.25, 0.3) is 0 Å². The number of rotatable bonds is 6. The first-order valence-corrected chi connectivity index (χ1v) is 7.31. The molecule has 0 radical (unpaired) electrons. The fourth-order valence-electron chi connectivity index (χ4n) is 2.74. The summed E-state index contributed by atoms with van der Waals surface area (Å²) in [5.41, 5.74) is 0.113. The highest BCUT2D eigenvalue weighted by Gasteiger charge is 2.38. The van der Waals surface area contributed by atoms with Crippen LogP contribution in [0.4, 0.5) is 8.78 Å². The van der Waals surface area contributed by atoms with Crippen LogP contribution in [0.2, 0.25) is 0 Å². The summed E-state index contributed by atoms with van der Waals surface area (Å²) in [5, 5.41) is 9.05. The Morgan fingerprint density at radius 3 is 2.43 bits per heavy atom. The van der Waals surface area contributed by atoms with E-state index in [9.17, 15) is 23.2 Å². The Kier molecular flexibility index (Phi) is 5.41. The average Bonchev–Trinajstić information content (AvgIpc) is 3.02. The summed E-state index contributed by atoms with van der Waals surface area (Å²) in [5.74, 6) is -4.44. The Hall–Kier alpha value is -2.31. The summed E-state index contributed by atoms with van der Waals surface area (Å²) in [4.78, 5) is 36.5. The van der Waals surface area contributed by atoms with Crippen LogP contribution in [0.3, 0.4) is 0 Å². The molecule has 1 fully saturated rings. The first kappa shape index (κ1) is 17.1. The molecule has 1 amide bonds. The quantitative estimate of drug-likeness (QED) is 0.814. The second kappa shape index (κ2) is 7.30. The topological polar surface area (TPSA) is 74.7 Å². The molecule has 1 aliphatic heterocycles. The maximum atomic E-state index is 13.2. The van der Waals surface area contributed by atoms with Gasteiger partial charge in [0.2, 0.25) is 12.3 Å². The summed E-state index contributed by atoms with van der Waals surface area (Å²) in [7, 11) is 0. The number of amides is 1. The smallest absolute Gasteiger partial charge is 0.326 e. The molecule has 1 unspecified atom stereocenters. The number of aliphatic carboxylic acids is 1. The van der Waals surface area contributed by atoms with Crippen molar-refractivity contribution in [3.05, 3.63) is 35.9 Å². The summed E-state index contributed by atoms with van der Waals surface area (Å²) < 4.78 is 26.5. The number of nitrogens with zero attached hydrogens (tertiary/aromatic N) is 1. The molecule has 7 heteroatoms. The van der Waals surface area contributed by atoms with Crippen LogP contribution >= 0.6 is 0 Å². The summed E-state index contributed by atoms with van der Waals surface area (Å²) >= 11 is 0. The molecule has 2 atom stereocenters. The lowest BCUT2D eigenvalue weighted by Gasteiger charge is -2.23.